The van der Waals surface area contributed by atoms with Gasteiger partial charge in [0.25, 0.3) is 0 Å². The first-order chi connectivity index (χ1) is 14.8. The number of nitrogens with two attached hydrogens (primary N) is 1. The summed E-state index contributed by atoms with van der Waals surface area (Å²) in [5.74, 6) is -0.634. The van der Waals surface area contributed by atoms with Gasteiger partial charge in [0, 0.05) is 18.7 Å². The normalized spacial score (nSPS) is 19.0. The van der Waals surface area contributed by atoms with Gasteiger partial charge in [-0.1, -0.05) is 12.5 Å². The van der Waals surface area contributed by atoms with E-state index in [2.05, 4.69) is 4.98 Å². The lowest BCUT2D eigenvalue weighted by Gasteiger charge is -2.26. The average molecular weight is 427 g/mol. The standard InChI is InChI=1S/C24H27F2N3O2/c1-14-9-22(31-13-18-19(25)7-4-8-20(18)26)24-28-15(2)23(29(24)12-14)21(30)11-16-5-3-6-17(27)10-16/h4,7-9,12,16-17H,3,5-6,10-11,13,27H2,1-2H3. The molecule has 2 N–H and O–H groups in total. The molecular formula is C24H27F2N3O2. The Morgan fingerprint density at radius 3 is 2.71 bits per heavy atom. The molecule has 2 atom stereocenters. The molecule has 0 radical (unpaired) electrons. The molecule has 1 saturated carbocycles. The highest BCUT2D eigenvalue weighted by Gasteiger charge is 2.26. The summed E-state index contributed by atoms with van der Waals surface area (Å²) in [6.45, 7) is 3.40. The van der Waals surface area contributed by atoms with Crippen molar-refractivity contribution in [3.05, 3.63) is 64.6 Å². The molecule has 1 aliphatic rings. The summed E-state index contributed by atoms with van der Waals surface area (Å²) in [5.41, 5.74) is 8.39. The summed E-state index contributed by atoms with van der Waals surface area (Å²) in [7, 11) is 0. The molecule has 164 valence electrons. The zero-order valence-electron chi connectivity index (χ0n) is 17.8. The molecule has 7 heteroatoms. The minimum absolute atomic E-state index is 0.0285. The Labute approximate surface area is 180 Å². The number of Topliss-reactive ketones (excluding diaryl/α,β-unsaturated/α-hetero) is 1. The number of benzene rings is 1. The van der Waals surface area contributed by atoms with Gasteiger partial charge in [-0.25, -0.2) is 13.8 Å². The van der Waals surface area contributed by atoms with Crippen molar-refractivity contribution in [1.82, 2.24) is 9.38 Å². The second-order valence-corrected chi connectivity index (χ2v) is 8.53. The van der Waals surface area contributed by atoms with Crippen molar-refractivity contribution in [3.8, 4) is 5.75 Å². The molecule has 1 aromatic carbocycles. The van der Waals surface area contributed by atoms with Gasteiger partial charge in [0.15, 0.2) is 17.2 Å². The fourth-order valence-corrected chi connectivity index (χ4v) is 4.50. The number of pyridine rings is 1. The van der Waals surface area contributed by atoms with E-state index in [4.69, 9.17) is 10.5 Å². The van der Waals surface area contributed by atoms with Crippen molar-refractivity contribution in [1.29, 1.82) is 0 Å². The lowest BCUT2D eigenvalue weighted by molar-refractivity contribution is 0.0941. The number of nitrogens with zero attached hydrogens (tertiary/aromatic N) is 2. The number of rotatable bonds is 6. The Kier molecular flexibility index (Phi) is 6.05. The van der Waals surface area contributed by atoms with Gasteiger partial charge in [0.1, 0.15) is 23.9 Å². The minimum Gasteiger partial charge on any atom is -0.485 e. The third kappa shape index (κ3) is 4.46. The number of halogens is 2. The van der Waals surface area contributed by atoms with Gasteiger partial charge in [-0.05, 0) is 62.8 Å². The van der Waals surface area contributed by atoms with Crippen molar-refractivity contribution >= 4 is 11.4 Å². The number of hydrogen-bond donors (Lipinski definition) is 1. The van der Waals surface area contributed by atoms with E-state index >= 15 is 0 Å². The molecule has 2 heterocycles. The number of aromatic nitrogens is 2. The molecule has 2 unspecified atom stereocenters. The molecule has 0 saturated heterocycles. The summed E-state index contributed by atoms with van der Waals surface area (Å²) in [5, 5.41) is 0. The fourth-order valence-electron chi connectivity index (χ4n) is 4.50. The monoisotopic (exact) mass is 427 g/mol. The van der Waals surface area contributed by atoms with Crippen LogP contribution in [0.25, 0.3) is 5.65 Å². The Morgan fingerprint density at radius 2 is 2.00 bits per heavy atom. The van der Waals surface area contributed by atoms with E-state index in [9.17, 15) is 13.6 Å². The Bertz CT molecular complexity index is 1110. The highest BCUT2D eigenvalue weighted by atomic mass is 19.1. The summed E-state index contributed by atoms with van der Waals surface area (Å²) in [6, 6.07) is 5.63. The number of ketones is 1. The van der Waals surface area contributed by atoms with E-state index in [-0.39, 0.29) is 29.9 Å². The van der Waals surface area contributed by atoms with Gasteiger partial charge in [-0.2, -0.15) is 0 Å². The topological polar surface area (TPSA) is 69.6 Å². The quantitative estimate of drug-likeness (QED) is 0.568. The lowest BCUT2D eigenvalue weighted by atomic mass is 9.83. The molecule has 3 aromatic rings. The SMILES string of the molecule is Cc1cc(OCc2c(F)cccc2F)c2nc(C)c(C(=O)CC3CCCC(N)C3)n2c1. The summed E-state index contributed by atoms with van der Waals surface area (Å²) in [4.78, 5) is 17.7. The lowest BCUT2D eigenvalue weighted by Crippen LogP contribution is -2.29. The summed E-state index contributed by atoms with van der Waals surface area (Å²) >= 11 is 0. The molecule has 0 aliphatic heterocycles. The second-order valence-electron chi connectivity index (χ2n) is 8.53. The van der Waals surface area contributed by atoms with Gasteiger partial charge < -0.3 is 10.5 Å². The average Bonchev–Trinajstić information content (AvgIpc) is 3.03. The zero-order valence-corrected chi connectivity index (χ0v) is 17.8. The van der Waals surface area contributed by atoms with Gasteiger partial charge in [0.05, 0.1) is 11.3 Å². The molecule has 1 aliphatic carbocycles. The number of carbonyl (C=O) groups is 1. The van der Waals surface area contributed by atoms with Crippen LogP contribution in [0.15, 0.2) is 30.5 Å². The number of fused-ring (bicyclic) bond motifs is 1. The van der Waals surface area contributed by atoms with Crippen LogP contribution in [0.2, 0.25) is 0 Å². The highest BCUT2D eigenvalue weighted by Crippen LogP contribution is 2.30. The zero-order chi connectivity index (χ0) is 22.1. The van der Waals surface area contributed by atoms with E-state index in [0.29, 0.717) is 29.2 Å². The van der Waals surface area contributed by atoms with Gasteiger partial charge in [-0.15, -0.1) is 0 Å². The van der Waals surface area contributed by atoms with Crippen molar-refractivity contribution in [3.63, 3.8) is 0 Å². The first-order valence-corrected chi connectivity index (χ1v) is 10.7. The first-order valence-electron chi connectivity index (χ1n) is 10.7. The first kappa shape index (κ1) is 21.4. The van der Waals surface area contributed by atoms with Crippen LogP contribution < -0.4 is 10.5 Å². The number of carbonyl (C=O) groups excluding carboxylic acids is 1. The van der Waals surface area contributed by atoms with Crippen molar-refractivity contribution < 1.29 is 18.3 Å². The van der Waals surface area contributed by atoms with Crippen LogP contribution in [-0.2, 0) is 6.61 Å². The summed E-state index contributed by atoms with van der Waals surface area (Å²) < 4.78 is 35.5. The van der Waals surface area contributed by atoms with Gasteiger partial charge in [-0.3, -0.25) is 9.20 Å². The molecule has 1 fully saturated rings. The number of aryl methyl sites for hydroxylation is 2. The smallest absolute Gasteiger partial charge is 0.181 e. The maximum atomic E-state index is 14.0. The molecule has 4 rings (SSSR count). The number of imidazole rings is 1. The molecule has 0 amide bonds. The molecule has 0 spiro atoms. The Morgan fingerprint density at radius 1 is 1.26 bits per heavy atom. The van der Waals surface area contributed by atoms with E-state index in [1.165, 1.54) is 18.2 Å². The maximum absolute atomic E-state index is 14.0. The third-order valence-electron chi connectivity index (χ3n) is 5.99. The van der Waals surface area contributed by atoms with Gasteiger partial charge >= 0.3 is 0 Å². The van der Waals surface area contributed by atoms with Crippen LogP contribution in [0.5, 0.6) is 5.75 Å². The molecular weight excluding hydrogens is 400 g/mol. The van der Waals surface area contributed by atoms with Crippen LogP contribution in [0.1, 0.15) is 59.4 Å². The van der Waals surface area contributed by atoms with E-state index in [1.807, 2.05) is 13.1 Å². The number of hydrogen-bond acceptors (Lipinski definition) is 4. The van der Waals surface area contributed by atoms with E-state index in [1.54, 1.807) is 17.4 Å². The minimum atomic E-state index is -0.662. The molecule has 5 nitrogen and oxygen atoms in total. The van der Waals surface area contributed by atoms with Crippen molar-refractivity contribution in [2.24, 2.45) is 11.7 Å². The van der Waals surface area contributed by atoms with E-state index < -0.39 is 11.6 Å². The highest BCUT2D eigenvalue weighted by molar-refractivity contribution is 5.97. The molecule has 0 bridgehead atoms. The predicted octanol–water partition coefficient (Wildman–Crippen LogP) is 4.90. The van der Waals surface area contributed by atoms with Crippen molar-refractivity contribution in [2.45, 2.75) is 58.6 Å². The van der Waals surface area contributed by atoms with Crippen LogP contribution in [0, 0.1) is 31.4 Å². The third-order valence-corrected chi connectivity index (χ3v) is 5.99. The van der Waals surface area contributed by atoms with Gasteiger partial charge in [0.2, 0.25) is 0 Å². The predicted molar refractivity (Wildman–Crippen MR) is 114 cm³/mol. The Hall–Kier alpha value is -2.80. The molecule has 2 aromatic heterocycles. The number of ether oxygens (including phenoxy) is 1. The van der Waals surface area contributed by atoms with Crippen molar-refractivity contribution in [2.75, 3.05) is 0 Å². The fraction of sp³-hybridized carbons (Fsp3) is 0.417. The van der Waals surface area contributed by atoms with Crippen LogP contribution in [-0.4, -0.2) is 21.2 Å². The maximum Gasteiger partial charge on any atom is 0.181 e. The van der Waals surface area contributed by atoms with Crippen LogP contribution in [0.4, 0.5) is 8.78 Å². The molecule has 31 heavy (non-hydrogen) atoms. The second kappa shape index (κ2) is 8.75. The van der Waals surface area contributed by atoms with Crippen LogP contribution in [0.3, 0.4) is 0 Å². The van der Waals surface area contributed by atoms with Crippen LogP contribution >= 0.6 is 0 Å². The Balaban J connectivity index is 1.63. The van der Waals surface area contributed by atoms with E-state index in [0.717, 1.165) is 31.2 Å². The summed E-state index contributed by atoms with van der Waals surface area (Å²) in [6.07, 6.45) is 6.22. The largest absolute Gasteiger partial charge is 0.485 e.